The maximum Gasteiger partial charge on any atom is 0.324 e. The van der Waals surface area contributed by atoms with Crippen LogP contribution in [0.3, 0.4) is 0 Å². The predicted molar refractivity (Wildman–Crippen MR) is 84.4 cm³/mol. The minimum Gasteiger partial charge on any atom is -0.480 e. The summed E-state index contributed by atoms with van der Waals surface area (Å²) >= 11 is 8.09. The molecule has 0 bridgehead atoms. The van der Waals surface area contributed by atoms with Crippen molar-refractivity contribution in [1.82, 2.24) is 10.2 Å². The van der Waals surface area contributed by atoms with Crippen LogP contribution in [0.25, 0.3) is 0 Å². The highest BCUT2D eigenvalue weighted by Crippen LogP contribution is 2.37. The lowest BCUT2D eigenvalue weighted by atomic mass is 9.67. The van der Waals surface area contributed by atoms with E-state index in [1.165, 1.54) is 0 Å². The van der Waals surface area contributed by atoms with Gasteiger partial charge >= 0.3 is 5.97 Å². The van der Waals surface area contributed by atoms with Crippen molar-refractivity contribution in [3.8, 4) is 0 Å². The van der Waals surface area contributed by atoms with Gasteiger partial charge in [0.1, 0.15) is 5.54 Å². The molecule has 0 heterocycles. The first-order chi connectivity index (χ1) is 9.43. The molecule has 6 nitrogen and oxygen atoms in total. The van der Waals surface area contributed by atoms with Crippen molar-refractivity contribution in [3.05, 3.63) is 0 Å². The third-order valence-electron chi connectivity index (χ3n) is 3.82. The van der Waals surface area contributed by atoms with E-state index in [4.69, 9.17) is 10.8 Å². The molecule has 0 radical (unpaired) electrons. The number of rotatable bonds is 9. The minimum atomic E-state index is -1.09. The fourth-order valence-corrected chi connectivity index (χ4v) is 2.75. The zero-order valence-electron chi connectivity index (χ0n) is 11.4. The van der Waals surface area contributed by atoms with Gasteiger partial charge in [-0.2, -0.15) is 25.3 Å². The highest BCUT2D eigenvalue weighted by Gasteiger charge is 2.50. The first-order valence-electron chi connectivity index (χ1n) is 6.67. The molecule has 0 aromatic rings. The molecule has 1 unspecified atom stereocenters. The van der Waals surface area contributed by atoms with Gasteiger partial charge in [-0.25, -0.2) is 0 Å². The van der Waals surface area contributed by atoms with Crippen LogP contribution in [0.2, 0.25) is 0 Å². The van der Waals surface area contributed by atoms with Crippen LogP contribution in [0.4, 0.5) is 0 Å². The van der Waals surface area contributed by atoms with Crippen LogP contribution in [0.15, 0.2) is 0 Å². The number of nitrogens with two attached hydrogens (primary N) is 1. The van der Waals surface area contributed by atoms with E-state index in [0.29, 0.717) is 31.8 Å². The predicted octanol–water partition coefficient (Wildman–Crippen LogP) is -0.544. The van der Waals surface area contributed by atoms with Gasteiger partial charge in [0.15, 0.2) is 0 Å². The summed E-state index contributed by atoms with van der Waals surface area (Å²) in [6.45, 7) is 2.54. The second-order valence-electron chi connectivity index (χ2n) is 5.11. The zero-order valence-corrected chi connectivity index (χ0v) is 13.2. The van der Waals surface area contributed by atoms with Gasteiger partial charge in [0.05, 0.1) is 5.75 Å². The topological polar surface area (TPSA) is 95.7 Å². The summed E-state index contributed by atoms with van der Waals surface area (Å²) in [6.07, 6.45) is 1.35. The standard InChI is InChI=1S/C12H23N3O3S2/c13-12(11(17)18)2-1-9(12)7-15(5-6-19)4-3-14-10(16)8-20/h9,19-20H,1-8,13H2,(H,14,16)(H,17,18)/t9?,12-/m0/s1. The summed E-state index contributed by atoms with van der Waals surface area (Å²) in [5.41, 5.74) is 4.81. The molecule has 1 rings (SSSR count). The van der Waals surface area contributed by atoms with E-state index in [0.717, 1.165) is 13.0 Å². The van der Waals surface area contributed by atoms with Crippen molar-refractivity contribution >= 4 is 37.1 Å². The maximum absolute atomic E-state index is 11.2. The molecule has 1 aliphatic rings. The van der Waals surface area contributed by atoms with Gasteiger partial charge in [-0.05, 0) is 12.8 Å². The van der Waals surface area contributed by atoms with Crippen molar-refractivity contribution in [3.63, 3.8) is 0 Å². The van der Waals surface area contributed by atoms with Crippen LogP contribution in [0.1, 0.15) is 12.8 Å². The van der Waals surface area contributed by atoms with Crippen LogP contribution in [-0.4, -0.2) is 65.1 Å². The van der Waals surface area contributed by atoms with Crippen molar-refractivity contribution < 1.29 is 14.7 Å². The SMILES string of the molecule is N[C@@]1(C(=O)O)CCC1CN(CCS)CCNC(=O)CS. The fraction of sp³-hybridized carbons (Fsp3) is 0.833. The summed E-state index contributed by atoms with van der Waals surface area (Å²) in [6, 6.07) is 0. The Morgan fingerprint density at radius 3 is 2.55 bits per heavy atom. The van der Waals surface area contributed by atoms with Crippen LogP contribution in [0.5, 0.6) is 0 Å². The Labute approximate surface area is 130 Å². The number of carboxylic acids is 1. The maximum atomic E-state index is 11.2. The number of amides is 1. The number of hydrogen-bond donors (Lipinski definition) is 5. The molecule has 0 aliphatic heterocycles. The molecule has 116 valence electrons. The molecule has 8 heteroatoms. The first kappa shape index (κ1) is 17.6. The van der Waals surface area contributed by atoms with Gasteiger partial charge in [0, 0.05) is 37.8 Å². The average Bonchev–Trinajstić information content (AvgIpc) is 2.41. The Balaban J connectivity index is 2.43. The van der Waals surface area contributed by atoms with Crippen LogP contribution >= 0.6 is 25.3 Å². The number of carbonyl (C=O) groups excluding carboxylic acids is 1. The average molecular weight is 321 g/mol. The number of hydrogen-bond acceptors (Lipinski definition) is 6. The summed E-state index contributed by atoms with van der Waals surface area (Å²) < 4.78 is 0. The minimum absolute atomic E-state index is 0.0412. The van der Waals surface area contributed by atoms with E-state index in [9.17, 15) is 9.59 Å². The third-order valence-corrected chi connectivity index (χ3v) is 4.31. The van der Waals surface area contributed by atoms with Crippen LogP contribution < -0.4 is 11.1 Å². The molecule has 0 spiro atoms. The Kier molecular flexibility index (Phi) is 7.14. The first-order valence-corrected chi connectivity index (χ1v) is 7.93. The number of carboxylic acid groups (broad SMARTS) is 1. The molecule has 0 aromatic carbocycles. The van der Waals surface area contributed by atoms with Gasteiger partial charge in [0.2, 0.25) is 5.91 Å². The molecular formula is C12H23N3O3S2. The van der Waals surface area contributed by atoms with Gasteiger partial charge in [-0.15, -0.1) is 0 Å². The Hall–Kier alpha value is -0.440. The second kappa shape index (κ2) is 8.11. The molecule has 1 fully saturated rings. The van der Waals surface area contributed by atoms with Crippen molar-refractivity contribution in [2.75, 3.05) is 37.7 Å². The summed E-state index contributed by atoms with van der Waals surface area (Å²) in [4.78, 5) is 24.4. The molecular weight excluding hydrogens is 298 g/mol. The molecule has 20 heavy (non-hydrogen) atoms. The van der Waals surface area contributed by atoms with Crippen LogP contribution in [0, 0.1) is 5.92 Å². The second-order valence-corrected chi connectivity index (χ2v) is 5.88. The molecule has 0 aromatic heterocycles. The number of carbonyl (C=O) groups is 2. The van der Waals surface area contributed by atoms with E-state index in [-0.39, 0.29) is 17.6 Å². The Morgan fingerprint density at radius 2 is 2.10 bits per heavy atom. The number of aliphatic carboxylic acids is 1. The van der Waals surface area contributed by atoms with Crippen molar-refractivity contribution in [2.45, 2.75) is 18.4 Å². The number of thiol groups is 2. The summed E-state index contributed by atoms with van der Waals surface area (Å²) in [5.74, 6) is -0.234. The Morgan fingerprint density at radius 1 is 1.40 bits per heavy atom. The number of nitrogens with zero attached hydrogens (tertiary/aromatic N) is 1. The highest BCUT2D eigenvalue weighted by molar-refractivity contribution is 7.81. The molecule has 4 N–H and O–H groups in total. The molecule has 1 aliphatic carbocycles. The molecule has 2 atom stereocenters. The lowest BCUT2D eigenvalue weighted by molar-refractivity contribution is -0.151. The normalized spacial score (nSPS) is 25.3. The molecule has 1 amide bonds. The third kappa shape index (κ3) is 4.54. The lowest BCUT2D eigenvalue weighted by Crippen LogP contribution is -2.63. The lowest BCUT2D eigenvalue weighted by Gasteiger charge is -2.45. The monoisotopic (exact) mass is 321 g/mol. The van der Waals surface area contributed by atoms with E-state index in [2.05, 4.69) is 35.5 Å². The Bertz CT molecular complexity index is 357. The van der Waals surface area contributed by atoms with Gasteiger partial charge in [-0.3, -0.25) is 9.59 Å². The fourth-order valence-electron chi connectivity index (χ4n) is 2.35. The summed E-state index contributed by atoms with van der Waals surface area (Å²) in [7, 11) is 0. The number of nitrogens with one attached hydrogen (secondary N) is 1. The van der Waals surface area contributed by atoms with Gasteiger partial charge < -0.3 is 21.1 Å². The van der Waals surface area contributed by atoms with E-state index < -0.39 is 11.5 Å². The highest BCUT2D eigenvalue weighted by atomic mass is 32.1. The van der Waals surface area contributed by atoms with Gasteiger partial charge in [-0.1, -0.05) is 0 Å². The molecule has 1 saturated carbocycles. The van der Waals surface area contributed by atoms with E-state index in [1.807, 2.05) is 0 Å². The van der Waals surface area contributed by atoms with E-state index >= 15 is 0 Å². The molecule has 0 saturated heterocycles. The van der Waals surface area contributed by atoms with Crippen LogP contribution in [-0.2, 0) is 9.59 Å². The van der Waals surface area contributed by atoms with E-state index in [1.54, 1.807) is 0 Å². The zero-order chi connectivity index (χ0) is 15.2. The van der Waals surface area contributed by atoms with Crippen molar-refractivity contribution in [1.29, 1.82) is 0 Å². The quantitative estimate of drug-likeness (QED) is 0.368. The smallest absolute Gasteiger partial charge is 0.324 e. The summed E-state index contributed by atoms with van der Waals surface area (Å²) in [5, 5.41) is 11.9. The van der Waals surface area contributed by atoms with Crippen molar-refractivity contribution in [2.24, 2.45) is 11.7 Å². The largest absolute Gasteiger partial charge is 0.480 e. The van der Waals surface area contributed by atoms with Gasteiger partial charge in [0.25, 0.3) is 0 Å².